The normalized spacial score (nSPS) is 21.2. The summed E-state index contributed by atoms with van der Waals surface area (Å²) in [5.41, 5.74) is 3.04. The average molecular weight is 536 g/mol. The van der Waals surface area contributed by atoms with Crippen molar-refractivity contribution in [3.8, 4) is 17.2 Å². The molecule has 0 aliphatic carbocycles. The number of nitrogens with zero attached hydrogens (tertiary/aromatic N) is 1. The minimum Gasteiger partial charge on any atom is -0.508 e. The second kappa shape index (κ2) is 11.1. The van der Waals surface area contributed by atoms with Gasteiger partial charge in [0.05, 0.1) is 18.2 Å². The summed E-state index contributed by atoms with van der Waals surface area (Å²) in [5, 5.41) is 41.4. The molecule has 208 valence electrons. The molecular formula is C31H37NO7. The molecule has 0 bridgehead atoms. The SMILES string of the molecule is CC(C)=CCC/C(C)=C/CCC1(C)Oc2c(c(O)cc3c2CN([C@H](C(=O)O)c2ccc(O)cc2)C3=O)CC1O. The molecule has 2 aromatic carbocycles. The number of aliphatic carboxylic acids is 1. The highest BCUT2D eigenvalue weighted by Gasteiger charge is 2.46. The molecule has 4 rings (SSSR count). The summed E-state index contributed by atoms with van der Waals surface area (Å²) in [6, 6.07) is 5.74. The number of carboxylic acids is 1. The highest BCUT2D eigenvalue weighted by atomic mass is 16.5. The number of carbonyl (C=O) groups is 2. The number of aromatic hydroxyl groups is 2. The third kappa shape index (κ3) is 5.81. The van der Waals surface area contributed by atoms with E-state index in [0.29, 0.717) is 35.3 Å². The molecule has 0 spiro atoms. The predicted molar refractivity (Wildman–Crippen MR) is 147 cm³/mol. The summed E-state index contributed by atoms with van der Waals surface area (Å²) in [5.74, 6) is -1.58. The zero-order valence-electron chi connectivity index (χ0n) is 22.9. The first-order valence-corrected chi connectivity index (χ1v) is 13.3. The lowest BCUT2D eigenvalue weighted by Gasteiger charge is -2.41. The maximum Gasteiger partial charge on any atom is 0.331 e. The van der Waals surface area contributed by atoms with Gasteiger partial charge in [-0.3, -0.25) is 4.79 Å². The molecule has 1 amide bonds. The average Bonchev–Trinajstić information content (AvgIpc) is 3.17. The van der Waals surface area contributed by atoms with Crippen molar-refractivity contribution in [3.63, 3.8) is 0 Å². The summed E-state index contributed by atoms with van der Waals surface area (Å²) < 4.78 is 6.40. The van der Waals surface area contributed by atoms with Gasteiger partial charge in [-0.05, 0) is 77.1 Å². The molecule has 0 saturated carbocycles. The van der Waals surface area contributed by atoms with Gasteiger partial charge in [-0.1, -0.05) is 35.4 Å². The smallest absolute Gasteiger partial charge is 0.331 e. The Morgan fingerprint density at radius 3 is 2.46 bits per heavy atom. The fourth-order valence-corrected chi connectivity index (χ4v) is 5.34. The lowest BCUT2D eigenvalue weighted by Crippen LogP contribution is -2.49. The van der Waals surface area contributed by atoms with Crippen molar-refractivity contribution in [2.75, 3.05) is 0 Å². The molecule has 0 radical (unpaired) electrons. The number of hydrogen-bond acceptors (Lipinski definition) is 6. The van der Waals surface area contributed by atoms with E-state index in [-0.39, 0.29) is 30.0 Å². The number of hydrogen-bond donors (Lipinski definition) is 4. The summed E-state index contributed by atoms with van der Waals surface area (Å²) in [4.78, 5) is 26.9. The second-order valence-electron chi connectivity index (χ2n) is 11.0. The maximum atomic E-state index is 13.4. The molecule has 4 N–H and O–H groups in total. The number of amides is 1. The van der Waals surface area contributed by atoms with E-state index in [9.17, 15) is 30.0 Å². The van der Waals surface area contributed by atoms with Crippen LogP contribution in [0.25, 0.3) is 0 Å². The van der Waals surface area contributed by atoms with Crippen LogP contribution in [0.3, 0.4) is 0 Å². The zero-order chi connectivity index (χ0) is 28.5. The Kier molecular flexibility index (Phi) is 8.07. The predicted octanol–water partition coefficient (Wildman–Crippen LogP) is 5.41. The van der Waals surface area contributed by atoms with Gasteiger partial charge in [-0.15, -0.1) is 0 Å². The number of rotatable bonds is 9. The van der Waals surface area contributed by atoms with E-state index in [0.717, 1.165) is 12.8 Å². The minimum atomic E-state index is -1.29. The summed E-state index contributed by atoms with van der Waals surface area (Å²) in [6.07, 6.45) is 6.80. The molecule has 2 aliphatic rings. The van der Waals surface area contributed by atoms with Gasteiger partial charge >= 0.3 is 5.97 Å². The Morgan fingerprint density at radius 1 is 1.13 bits per heavy atom. The maximum absolute atomic E-state index is 13.4. The van der Waals surface area contributed by atoms with Crippen molar-refractivity contribution in [3.05, 3.63) is 75.9 Å². The number of carboxylic acid groups (broad SMARTS) is 1. The number of aliphatic hydroxyl groups excluding tert-OH is 1. The van der Waals surface area contributed by atoms with E-state index in [1.165, 1.54) is 46.4 Å². The Morgan fingerprint density at radius 2 is 1.82 bits per heavy atom. The van der Waals surface area contributed by atoms with Gasteiger partial charge in [-0.25, -0.2) is 4.79 Å². The number of phenols is 2. The van der Waals surface area contributed by atoms with E-state index < -0.39 is 29.6 Å². The number of allylic oxidation sites excluding steroid dienone is 4. The van der Waals surface area contributed by atoms with Crippen LogP contribution in [0.5, 0.6) is 17.2 Å². The monoisotopic (exact) mass is 535 g/mol. The molecule has 3 atom stereocenters. The molecule has 0 fully saturated rings. The number of benzene rings is 2. The molecular weight excluding hydrogens is 498 g/mol. The Hall–Kier alpha value is -3.78. The van der Waals surface area contributed by atoms with E-state index in [4.69, 9.17) is 4.74 Å². The lowest BCUT2D eigenvalue weighted by atomic mass is 9.84. The molecule has 39 heavy (non-hydrogen) atoms. The van der Waals surface area contributed by atoms with Crippen molar-refractivity contribution in [2.45, 2.75) is 84.1 Å². The molecule has 2 aliphatic heterocycles. The second-order valence-corrected chi connectivity index (χ2v) is 11.0. The van der Waals surface area contributed by atoms with Crippen LogP contribution in [-0.4, -0.2) is 48.9 Å². The first kappa shape index (κ1) is 28.2. The minimum absolute atomic E-state index is 0.0120. The molecule has 2 heterocycles. The molecule has 2 aromatic rings. The van der Waals surface area contributed by atoms with Crippen molar-refractivity contribution < 1.29 is 34.8 Å². The Bertz CT molecular complexity index is 1320. The fraction of sp³-hybridized carbons (Fsp3) is 0.419. The van der Waals surface area contributed by atoms with Crippen LogP contribution in [0, 0.1) is 0 Å². The zero-order valence-corrected chi connectivity index (χ0v) is 22.9. The van der Waals surface area contributed by atoms with Crippen LogP contribution in [0.15, 0.2) is 53.6 Å². The van der Waals surface area contributed by atoms with E-state index >= 15 is 0 Å². The standard InChI is InChI=1S/C31H37NO7/c1-18(2)7-5-8-19(3)9-6-14-31(4)26(35)16-23-25(34)15-22-24(28(23)39-31)17-32(29(22)36)27(30(37)38)20-10-12-21(33)13-11-20/h7,9-13,15,26-27,33-35H,5-6,8,14,16-17H2,1-4H3,(H,37,38)/b19-9+/t26?,27-,31?/m0/s1. The number of carbonyl (C=O) groups excluding carboxylic acids is 1. The van der Waals surface area contributed by atoms with Crippen molar-refractivity contribution >= 4 is 11.9 Å². The number of aliphatic hydroxyl groups is 1. The van der Waals surface area contributed by atoms with Gasteiger partial charge in [0.2, 0.25) is 0 Å². The van der Waals surface area contributed by atoms with Gasteiger partial charge in [0, 0.05) is 17.5 Å². The first-order valence-electron chi connectivity index (χ1n) is 13.3. The van der Waals surface area contributed by atoms with Gasteiger partial charge < -0.3 is 30.1 Å². The fourth-order valence-electron chi connectivity index (χ4n) is 5.34. The molecule has 0 aromatic heterocycles. The molecule has 0 saturated heterocycles. The van der Waals surface area contributed by atoms with Crippen LogP contribution in [0.4, 0.5) is 0 Å². The lowest BCUT2D eigenvalue weighted by molar-refractivity contribution is -0.142. The summed E-state index contributed by atoms with van der Waals surface area (Å²) in [6.45, 7) is 8.05. The number of phenolic OH excluding ortho intramolecular Hbond substituents is 2. The largest absolute Gasteiger partial charge is 0.508 e. The van der Waals surface area contributed by atoms with Crippen molar-refractivity contribution in [1.29, 1.82) is 0 Å². The first-order chi connectivity index (χ1) is 18.4. The van der Waals surface area contributed by atoms with E-state index in [2.05, 4.69) is 32.9 Å². The Balaban J connectivity index is 1.59. The number of ether oxygens (including phenoxy) is 1. The van der Waals surface area contributed by atoms with Crippen LogP contribution < -0.4 is 4.74 Å². The summed E-state index contributed by atoms with van der Waals surface area (Å²) in [7, 11) is 0. The van der Waals surface area contributed by atoms with Crippen LogP contribution in [0.2, 0.25) is 0 Å². The van der Waals surface area contributed by atoms with Crippen LogP contribution >= 0.6 is 0 Å². The van der Waals surface area contributed by atoms with Crippen molar-refractivity contribution in [1.82, 2.24) is 4.90 Å². The van der Waals surface area contributed by atoms with Crippen molar-refractivity contribution in [2.24, 2.45) is 0 Å². The van der Waals surface area contributed by atoms with Gasteiger partial charge in [0.25, 0.3) is 5.91 Å². The topological polar surface area (TPSA) is 128 Å². The highest BCUT2D eigenvalue weighted by Crippen LogP contribution is 2.47. The third-order valence-electron chi connectivity index (χ3n) is 7.70. The Labute approximate surface area is 228 Å². The van der Waals surface area contributed by atoms with Gasteiger partial charge in [0.1, 0.15) is 22.8 Å². The number of fused-ring (bicyclic) bond motifs is 3. The quantitative estimate of drug-likeness (QED) is 0.316. The van der Waals surface area contributed by atoms with E-state index in [1.54, 1.807) is 0 Å². The van der Waals surface area contributed by atoms with Gasteiger partial charge in [-0.2, -0.15) is 0 Å². The molecule has 8 heteroatoms. The third-order valence-corrected chi connectivity index (χ3v) is 7.70. The van der Waals surface area contributed by atoms with Crippen LogP contribution in [0.1, 0.15) is 86.5 Å². The molecule has 8 nitrogen and oxygen atoms in total. The van der Waals surface area contributed by atoms with Gasteiger partial charge in [0.15, 0.2) is 6.04 Å². The highest BCUT2D eigenvalue weighted by molar-refractivity contribution is 6.02. The van der Waals surface area contributed by atoms with E-state index in [1.807, 2.05) is 6.92 Å². The van der Waals surface area contributed by atoms with Crippen LogP contribution in [-0.2, 0) is 17.8 Å². The molecule has 2 unspecified atom stereocenters. The summed E-state index contributed by atoms with van der Waals surface area (Å²) >= 11 is 0.